The molecule has 0 saturated heterocycles. The quantitative estimate of drug-likeness (QED) is 0.463. The molecule has 0 fully saturated rings. The Hall–Kier alpha value is -1.65. The zero-order valence-corrected chi connectivity index (χ0v) is 8.36. The van der Waals surface area contributed by atoms with Gasteiger partial charge in [0.2, 0.25) is 12.3 Å². The van der Waals surface area contributed by atoms with Gasteiger partial charge in [0.25, 0.3) is 0 Å². The van der Waals surface area contributed by atoms with Crippen LogP contribution in [0.5, 0.6) is 0 Å². The van der Waals surface area contributed by atoms with Gasteiger partial charge in [-0.1, -0.05) is 6.08 Å². The van der Waals surface area contributed by atoms with E-state index in [0.717, 1.165) is 0 Å². The van der Waals surface area contributed by atoms with Gasteiger partial charge in [-0.05, 0) is 13.8 Å². The summed E-state index contributed by atoms with van der Waals surface area (Å²) in [7, 11) is 0. The summed E-state index contributed by atoms with van der Waals surface area (Å²) in [4.78, 5) is 25.1. The molecule has 1 unspecified atom stereocenters. The third-order valence-electron chi connectivity index (χ3n) is 1.65. The van der Waals surface area contributed by atoms with Crippen LogP contribution < -0.4 is 11.1 Å². The summed E-state index contributed by atoms with van der Waals surface area (Å²) < 4.78 is 0. The summed E-state index contributed by atoms with van der Waals surface area (Å²) in [6, 6.07) is -0.692. The topological polar surface area (TPSA) is 84.6 Å². The molecule has 0 aromatic heterocycles. The molecule has 0 radical (unpaired) electrons. The highest BCUT2D eigenvalue weighted by molar-refractivity contribution is 5.82. The summed E-state index contributed by atoms with van der Waals surface area (Å²) in [5, 5.41) is 2.34. The average Bonchev–Trinajstić information content (AvgIpc) is 2.15. The number of rotatable bonds is 6. The van der Waals surface area contributed by atoms with E-state index in [2.05, 4.69) is 10.3 Å². The number of hydrogen-bond donors (Lipinski definition) is 2. The smallest absolute Gasteiger partial charge is 0.240 e. The summed E-state index contributed by atoms with van der Waals surface area (Å²) in [5.74, 6) is -0.567. The predicted molar refractivity (Wildman–Crippen MR) is 54.7 cm³/mol. The molecule has 0 aromatic carbocycles. The van der Waals surface area contributed by atoms with Gasteiger partial charge in [0.05, 0.1) is 0 Å². The van der Waals surface area contributed by atoms with Crippen molar-refractivity contribution in [3.63, 3.8) is 0 Å². The highest BCUT2D eigenvalue weighted by Crippen LogP contribution is 2.06. The first kappa shape index (κ1) is 12.3. The number of nitrogens with zero attached hydrogens (tertiary/aromatic N) is 1. The minimum Gasteiger partial charge on any atom is -0.368 e. The SMILES string of the molecule is CC=N/C(=C\C)CC(NC=O)C(N)=O. The normalized spacial score (nSPS) is 14.0. The number of hydrogen-bond acceptors (Lipinski definition) is 3. The zero-order chi connectivity index (χ0) is 11.0. The molecule has 5 nitrogen and oxygen atoms in total. The fourth-order valence-corrected chi connectivity index (χ4v) is 0.944. The maximum Gasteiger partial charge on any atom is 0.240 e. The summed E-state index contributed by atoms with van der Waals surface area (Å²) >= 11 is 0. The van der Waals surface area contributed by atoms with Crippen LogP contribution in [0.4, 0.5) is 0 Å². The Balaban J connectivity index is 4.41. The van der Waals surface area contributed by atoms with E-state index >= 15 is 0 Å². The van der Waals surface area contributed by atoms with Crippen LogP contribution in [0.25, 0.3) is 0 Å². The lowest BCUT2D eigenvalue weighted by molar-refractivity contribution is -0.122. The van der Waals surface area contributed by atoms with Crippen LogP contribution in [0.1, 0.15) is 20.3 Å². The van der Waals surface area contributed by atoms with Crippen molar-refractivity contribution in [2.45, 2.75) is 26.3 Å². The van der Waals surface area contributed by atoms with Crippen molar-refractivity contribution in [3.05, 3.63) is 11.8 Å². The van der Waals surface area contributed by atoms with Crippen LogP contribution in [-0.2, 0) is 9.59 Å². The number of nitrogens with two attached hydrogens (primary N) is 1. The number of amides is 2. The first-order chi connectivity index (χ1) is 6.65. The van der Waals surface area contributed by atoms with E-state index in [1.807, 2.05) is 0 Å². The summed E-state index contributed by atoms with van der Waals surface area (Å²) in [6.45, 7) is 3.58. The van der Waals surface area contributed by atoms with Gasteiger partial charge in [0, 0.05) is 18.3 Å². The van der Waals surface area contributed by atoms with E-state index in [-0.39, 0.29) is 0 Å². The van der Waals surface area contributed by atoms with Gasteiger partial charge in [0.1, 0.15) is 6.04 Å². The summed E-state index contributed by atoms with van der Waals surface area (Å²) in [5.41, 5.74) is 5.80. The van der Waals surface area contributed by atoms with Gasteiger partial charge in [0.15, 0.2) is 0 Å². The standard InChI is InChI=1S/C9H15N3O2/c1-3-7(11-4-2)5-8(9(10)14)12-6-13/h3-4,6,8H,5H2,1-2H3,(H2,10,14)(H,12,13)/b7-3-,11-4?. The molecule has 0 rings (SSSR count). The second-order valence-electron chi connectivity index (χ2n) is 2.61. The van der Waals surface area contributed by atoms with Gasteiger partial charge < -0.3 is 11.1 Å². The highest BCUT2D eigenvalue weighted by Gasteiger charge is 2.14. The van der Waals surface area contributed by atoms with E-state index in [1.165, 1.54) is 0 Å². The lowest BCUT2D eigenvalue weighted by Gasteiger charge is -2.11. The fourth-order valence-electron chi connectivity index (χ4n) is 0.944. The number of nitrogens with one attached hydrogen (secondary N) is 1. The van der Waals surface area contributed by atoms with Crippen LogP contribution in [-0.4, -0.2) is 24.6 Å². The number of carbonyl (C=O) groups excluding carboxylic acids is 2. The Morgan fingerprint density at radius 3 is 2.57 bits per heavy atom. The van der Waals surface area contributed by atoms with Crippen molar-refractivity contribution in [2.24, 2.45) is 10.7 Å². The molecule has 0 aliphatic rings. The molecular weight excluding hydrogens is 182 g/mol. The monoisotopic (exact) mass is 197 g/mol. The zero-order valence-electron chi connectivity index (χ0n) is 8.36. The van der Waals surface area contributed by atoms with Crippen LogP contribution in [0.15, 0.2) is 16.8 Å². The van der Waals surface area contributed by atoms with E-state index in [4.69, 9.17) is 5.73 Å². The second kappa shape index (κ2) is 6.82. The molecular formula is C9H15N3O2. The maximum absolute atomic E-state index is 10.9. The molecule has 0 aliphatic carbocycles. The van der Waals surface area contributed by atoms with Gasteiger partial charge in [-0.2, -0.15) is 0 Å². The molecule has 0 spiro atoms. The van der Waals surface area contributed by atoms with Crippen LogP contribution in [0, 0.1) is 0 Å². The Morgan fingerprint density at radius 1 is 1.57 bits per heavy atom. The van der Waals surface area contributed by atoms with Crippen molar-refractivity contribution in [3.8, 4) is 0 Å². The number of carbonyl (C=O) groups is 2. The molecule has 14 heavy (non-hydrogen) atoms. The molecule has 2 amide bonds. The summed E-state index contributed by atoms with van der Waals surface area (Å²) in [6.07, 6.45) is 4.16. The van der Waals surface area contributed by atoms with Gasteiger partial charge in [-0.25, -0.2) is 0 Å². The van der Waals surface area contributed by atoms with Crippen molar-refractivity contribution in [2.75, 3.05) is 0 Å². The van der Waals surface area contributed by atoms with Crippen molar-refractivity contribution in [1.82, 2.24) is 5.32 Å². The van der Waals surface area contributed by atoms with Crippen LogP contribution in [0.3, 0.4) is 0 Å². The van der Waals surface area contributed by atoms with Gasteiger partial charge in [-0.3, -0.25) is 14.6 Å². The maximum atomic E-state index is 10.9. The molecule has 0 heterocycles. The van der Waals surface area contributed by atoms with Crippen LogP contribution >= 0.6 is 0 Å². The molecule has 0 aromatic rings. The first-order valence-electron chi connectivity index (χ1n) is 4.28. The molecule has 0 bridgehead atoms. The largest absolute Gasteiger partial charge is 0.368 e. The number of aliphatic imine (C=N–C) groups is 1. The molecule has 3 N–H and O–H groups in total. The second-order valence-corrected chi connectivity index (χ2v) is 2.61. The van der Waals surface area contributed by atoms with E-state index < -0.39 is 11.9 Å². The molecule has 78 valence electrons. The Bertz CT molecular complexity index is 259. The van der Waals surface area contributed by atoms with Crippen molar-refractivity contribution in [1.29, 1.82) is 0 Å². The number of allylic oxidation sites excluding steroid dienone is 1. The molecule has 0 saturated carbocycles. The Labute approximate surface area is 83.1 Å². The lowest BCUT2D eigenvalue weighted by Crippen LogP contribution is -2.40. The average molecular weight is 197 g/mol. The van der Waals surface area contributed by atoms with Gasteiger partial charge >= 0.3 is 0 Å². The molecule has 5 heteroatoms. The first-order valence-corrected chi connectivity index (χ1v) is 4.28. The van der Waals surface area contributed by atoms with E-state index in [1.54, 1.807) is 26.1 Å². The van der Waals surface area contributed by atoms with Crippen molar-refractivity contribution >= 4 is 18.5 Å². The third kappa shape index (κ3) is 4.39. The lowest BCUT2D eigenvalue weighted by atomic mass is 10.1. The van der Waals surface area contributed by atoms with E-state index in [9.17, 15) is 9.59 Å². The molecule has 1 atom stereocenters. The Morgan fingerprint density at radius 2 is 2.21 bits per heavy atom. The minimum absolute atomic E-state index is 0.314. The van der Waals surface area contributed by atoms with Crippen LogP contribution in [0.2, 0.25) is 0 Å². The number of primary amides is 1. The predicted octanol–water partition coefficient (Wildman–Crippen LogP) is -0.0291. The van der Waals surface area contributed by atoms with Crippen molar-refractivity contribution < 1.29 is 9.59 Å². The third-order valence-corrected chi connectivity index (χ3v) is 1.65. The molecule has 0 aliphatic heterocycles. The minimum atomic E-state index is -0.692. The fraction of sp³-hybridized carbons (Fsp3) is 0.444. The van der Waals surface area contributed by atoms with E-state index in [0.29, 0.717) is 18.5 Å². The highest BCUT2D eigenvalue weighted by atomic mass is 16.2. The Kier molecular flexibility index (Phi) is 6.02. The van der Waals surface area contributed by atoms with Gasteiger partial charge in [-0.15, -0.1) is 0 Å².